The average Bonchev–Trinajstić information content (AvgIpc) is 2.45. The van der Waals surface area contributed by atoms with Gasteiger partial charge in [0, 0.05) is 38.3 Å². The van der Waals surface area contributed by atoms with E-state index in [-0.39, 0.29) is 0 Å². The van der Waals surface area contributed by atoms with Crippen molar-refractivity contribution >= 4 is 5.69 Å². The van der Waals surface area contributed by atoms with Gasteiger partial charge in [-0.2, -0.15) is 0 Å². The second-order valence-electron chi connectivity index (χ2n) is 4.26. The molecular formula is C15H20N2O. The Morgan fingerprint density at radius 2 is 1.94 bits per heavy atom. The summed E-state index contributed by atoms with van der Waals surface area (Å²) < 4.78 is 5.62. The van der Waals surface area contributed by atoms with Crippen LogP contribution in [0.5, 0.6) is 5.75 Å². The number of nitrogens with one attached hydrogen (secondary N) is 1. The normalized spacial score (nSPS) is 14.8. The van der Waals surface area contributed by atoms with Crippen LogP contribution in [0.3, 0.4) is 0 Å². The molecule has 3 heteroatoms. The SMILES string of the molecule is CC#CCCOc1ccc(N2CCNCC2)cc1. The lowest BCUT2D eigenvalue weighted by molar-refractivity contribution is 0.327. The number of nitrogens with zero attached hydrogens (tertiary/aromatic N) is 1. The van der Waals surface area contributed by atoms with Crippen LogP contribution in [0.25, 0.3) is 0 Å². The van der Waals surface area contributed by atoms with Gasteiger partial charge in [-0.25, -0.2) is 0 Å². The Morgan fingerprint density at radius 1 is 1.22 bits per heavy atom. The van der Waals surface area contributed by atoms with Crippen LogP contribution in [0.1, 0.15) is 13.3 Å². The predicted molar refractivity (Wildman–Crippen MR) is 75.1 cm³/mol. The molecule has 3 nitrogen and oxygen atoms in total. The van der Waals surface area contributed by atoms with Gasteiger partial charge in [0.15, 0.2) is 0 Å². The molecule has 0 atom stereocenters. The quantitative estimate of drug-likeness (QED) is 0.646. The zero-order valence-corrected chi connectivity index (χ0v) is 10.9. The number of hydrogen-bond acceptors (Lipinski definition) is 3. The van der Waals surface area contributed by atoms with Gasteiger partial charge in [-0.3, -0.25) is 0 Å². The van der Waals surface area contributed by atoms with E-state index in [9.17, 15) is 0 Å². The fourth-order valence-corrected chi connectivity index (χ4v) is 2.02. The van der Waals surface area contributed by atoms with Crippen molar-refractivity contribution in [3.8, 4) is 17.6 Å². The Bertz CT molecular complexity index is 410. The van der Waals surface area contributed by atoms with Crippen LogP contribution in [0.15, 0.2) is 24.3 Å². The maximum absolute atomic E-state index is 5.62. The standard InChI is InChI=1S/C15H20N2O/c1-2-3-4-13-18-15-7-5-14(6-8-15)17-11-9-16-10-12-17/h5-8,16H,4,9-13H2,1H3. The van der Waals surface area contributed by atoms with Crippen LogP contribution >= 0.6 is 0 Å². The Hall–Kier alpha value is -1.66. The topological polar surface area (TPSA) is 24.5 Å². The molecule has 0 saturated carbocycles. The molecule has 96 valence electrons. The second kappa shape index (κ2) is 6.93. The van der Waals surface area contributed by atoms with Gasteiger partial charge >= 0.3 is 0 Å². The number of piperazine rings is 1. The highest BCUT2D eigenvalue weighted by Crippen LogP contribution is 2.19. The molecule has 0 radical (unpaired) electrons. The van der Waals surface area contributed by atoms with Gasteiger partial charge in [0.2, 0.25) is 0 Å². The van der Waals surface area contributed by atoms with Gasteiger partial charge in [-0.05, 0) is 31.2 Å². The summed E-state index contributed by atoms with van der Waals surface area (Å²) in [6, 6.07) is 8.34. The average molecular weight is 244 g/mol. The third-order valence-electron chi connectivity index (χ3n) is 2.99. The third-order valence-corrected chi connectivity index (χ3v) is 2.99. The van der Waals surface area contributed by atoms with Crippen LogP contribution < -0.4 is 15.0 Å². The monoisotopic (exact) mass is 244 g/mol. The maximum atomic E-state index is 5.62. The van der Waals surface area contributed by atoms with Crippen molar-refractivity contribution in [1.29, 1.82) is 0 Å². The summed E-state index contributed by atoms with van der Waals surface area (Å²) in [6.45, 7) is 6.79. The molecule has 0 unspecified atom stereocenters. The lowest BCUT2D eigenvalue weighted by Gasteiger charge is -2.29. The predicted octanol–water partition coefficient (Wildman–Crippen LogP) is 1.89. The molecule has 1 heterocycles. The van der Waals surface area contributed by atoms with Gasteiger partial charge in [0.1, 0.15) is 5.75 Å². The molecule has 0 aromatic heterocycles. The Labute approximate surface area is 109 Å². The number of hydrogen-bond donors (Lipinski definition) is 1. The minimum Gasteiger partial charge on any atom is -0.493 e. The van der Waals surface area contributed by atoms with Crippen LogP contribution in [0.2, 0.25) is 0 Å². The third kappa shape index (κ3) is 3.68. The van der Waals surface area contributed by atoms with Crippen molar-refractivity contribution < 1.29 is 4.74 Å². The molecule has 1 aliphatic heterocycles. The minimum absolute atomic E-state index is 0.661. The molecule has 0 bridgehead atoms. The summed E-state index contributed by atoms with van der Waals surface area (Å²) in [6.07, 6.45) is 0.788. The molecular weight excluding hydrogens is 224 g/mol. The van der Waals surface area contributed by atoms with Crippen molar-refractivity contribution in [2.24, 2.45) is 0 Å². The van der Waals surface area contributed by atoms with E-state index in [1.54, 1.807) is 0 Å². The molecule has 1 fully saturated rings. The Kier molecular flexibility index (Phi) is 4.92. The number of rotatable bonds is 4. The molecule has 18 heavy (non-hydrogen) atoms. The van der Waals surface area contributed by atoms with E-state index in [0.29, 0.717) is 6.61 Å². The zero-order chi connectivity index (χ0) is 12.6. The summed E-state index contributed by atoms with van der Waals surface area (Å²) in [5.41, 5.74) is 1.28. The Morgan fingerprint density at radius 3 is 2.61 bits per heavy atom. The van der Waals surface area contributed by atoms with E-state index in [0.717, 1.165) is 38.3 Å². The van der Waals surface area contributed by atoms with E-state index < -0.39 is 0 Å². The summed E-state index contributed by atoms with van der Waals surface area (Å²) in [5.74, 6) is 6.78. The molecule has 1 aromatic carbocycles. The van der Waals surface area contributed by atoms with Crippen molar-refractivity contribution in [2.45, 2.75) is 13.3 Å². The van der Waals surface area contributed by atoms with Gasteiger partial charge in [-0.15, -0.1) is 11.8 Å². The molecule has 1 N–H and O–H groups in total. The second-order valence-corrected chi connectivity index (χ2v) is 4.26. The highest BCUT2D eigenvalue weighted by atomic mass is 16.5. The highest BCUT2D eigenvalue weighted by Gasteiger charge is 2.09. The highest BCUT2D eigenvalue weighted by molar-refractivity contribution is 5.49. The lowest BCUT2D eigenvalue weighted by atomic mass is 10.2. The van der Waals surface area contributed by atoms with Crippen molar-refractivity contribution in [3.63, 3.8) is 0 Å². The van der Waals surface area contributed by atoms with Gasteiger partial charge in [-0.1, -0.05) is 0 Å². The first-order valence-electron chi connectivity index (χ1n) is 6.48. The summed E-state index contributed by atoms with van der Waals surface area (Å²) in [4.78, 5) is 2.39. The minimum atomic E-state index is 0.661. The molecule has 0 spiro atoms. The van der Waals surface area contributed by atoms with E-state index in [4.69, 9.17) is 4.74 Å². The van der Waals surface area contributed by atoms with Crippen molar-refractivity contribution in [1.82, 2.24) is 5.32 Å². The molecule has 0 aliphatic carbocycles. The van der Waals surface area contributed by atoms with Crippen molar-refractivity contribution in [3.05, 3.63) is 24.3 Å². The van der Waals surface area contributed by atoms with Crippen LogP contribution in [-0.2, 0) is 0 Å². The van der Waals surface area contributed by atoms with Crippen molar-refractivity contribution in [2.75, 3.05) is 37.7 Å². The number of benzene rings is 1. The summed E-state index contributed by atoms with van der Waals surface area (Å²) in [5, 5.41) is 3.36. The van der Waals surface area contributed by atoms with E-state index in [2.05, 4.69) is 34.2 Å². The first kappa shape index (κ1) is 12.8. The summed E-state index contributed by atoms with van der Waals surface area (Å²) in [7, 11) is 0. The molecule has 0 amide bonds. The van der Waals surface area contributed by atoms with Crippen LogP contribution in [0, 0.1) is 11.8 Å². The molecule has 1 aromatic rings. The number of ether oxygens (including phenoxy) is 1. The Balaban J connectivity index is 1.85. The fraction of sp³-hybridized carbons (Fsp3) is 0.467. The van der Waals surface area contributed by atoms with Gasteiger partial charge < -0.3 is 15.0 Å². The first-order chi connectivity index (χ1) is 8.90. The largest absolute Gasteiger partial charge is 0.493 e. The maximum Gasteiger partial charge on any atom is 0.119 e. The van der Waals surface area contributed by atoms with E-state index in [1.165, 1.54) is 5.69 Å². The van der Waals surface area contributed by atoms with Gasteiger partial charge in [0.25, 0.3) is 0 Å². The molecule has 1 aliphatic rings. The fourth-order valence-electron chi connectivity index (χ4n) is 2.02. The van der Waals surface area contributed by atoms with Crippen LogP contribution in [0.4, 0.5) is 5.69 Å². The smallest absolute Gasteiger partial charge is 0.119 e. The zero-order valence-electron chi connectivity index (χ0n) is 10.9. The molecule has 1 saturated heterocycles. The van der Waals surface area contributed by atoms with E-state index >= 15 is 0 Å². The van der Waals surface area contributed by atoms with E-state index in [1.807, 2.05) is 19.1 Å². The first-order valence-corrected chi connectivity index (χ1v) is 6.48. The summed E-state index contributed by atoms with van der Waals surface area (Å²) >= 11 is 0. The lowest BCUT2D eigenvalue weighted by Crippen LogP contribution is -2.43. The van der Waals surface area contributed by atoms with Gasteiger partial charge in [0.05, 0.1) is 6.61 Å². The molecule has 2 rings (SSSR count). The van der Waals surface area contributed by atoms with Crippen LogP contribution in [-0.4, -0.2) is 32.8 Å². The number of anilines is 1.